The van der Waals surface area contributed by atoms with Crippen LogP contribution in [0.15, 0.2) is 78.9 Å². The van der Waals surface area contributed by atoms with Gasteiger partial charge in [0.25, 0.3) is 0 Å². The number of fused-ring (bicyclic) bond motifs is 3. The highest BCUT2D eigenvalue weighted by Gasteiger charge is 2.41. The first-order chi connectivity index (χ1) is 14.1. The van der Waals surface area contributed by atoms with Crippen molar-refractivity contribution in [1.82, 2.24) is 4.90 Å². The number of benzene rings is 3. The number of methoxy groups -OCH3 is 1. The second kappa shape index (κ2) is 7.80. The lowest BCUT2D eigenvalue weighted by atomic mass is 9.98. The Morgan fingerprint density at radius 3 is 1.93 bits per heavy atom. The summed E-state index contributed by atoms with van der Waals surface area (Å²) >= 11 is 0. The summed E-state index contributed by atoms with van der Waals surface area (Å²) in [4.78, 5) is 26.9. The number of nitrogens with zero attached hydrogens (tertiary/aromatic N) is 1. The number of ether oxygens (including phenoxy) is 1. The van der Waals surface area contributed by atoms with Gasteiger partial charge in [0.05, 0.1) is 13.2 Å². The van der Waals surface area contributed by atoms with E-state index in [1.807, 2.05) is 78.9 Å². The molecule has 0 saturated carbocycles. The van der Waals surface area contributed by atoms with E-state index in [9.17, 15) is 9.59 Å². The molecule has 2 N–H and O–H groups in total. The van der Waals surface area contributed by atoms with Crippen LogP contribution in [0.25, 0.3) is 11.1 Å². The third-order valence-electron chi connectivity index (χ3n) is 5.41. The molecule has 3 aromatic carbocycles. The topological polar surface area (TPSA) is 72.6 Å². The van der Waals surface area contributed by atoms with Gasteiger partial charge in [-0.25, -0.2) is 9.59 Å². The smallest absolute Gasteiger partial charge is 0.329 e. The molecule has 0 aromatic heterocycles. The van der Waals surface area contributed by atoms with Crippen LogP contribution in [0.1, 0.15) is 22.7 Å². The Bertz CT molecular complexity index is 1000. The van der Waals surface area contributed by atoms with Crippen LogP contribution in [0, 0.1) is 0 Å². The molecule has 4 rings (SSSR count). The van der Waals surface area contributed by atoms with Crippen LogP contribution in [0.3, 0.4) is 0 Å². The number of amides is 2. The van der Waals surface area contributed by atoms with E-state index >= 15 is 0 Å². The first-order valence-corrected chi connectivity index (χ1v) is 9.49. The Morgan fingerprint density at radius 1 is 0.897 bits per heavy atom. The molecule has 1 aliphatic carbocycles. The highest BCUT2D eigenvalue weighted by molar-refractivity contribution is 5.87. The number of hydrogen-bond donors (Lipinski definition) is 1. The van der Waals surface area contributed by atoms with Crippen molar-refractivity contribution in [3.63, 3.8) is 0 Å². The Morgan fingerprint density at radius 2 is 1.41 bits per heavy atom. The van der Waals surface area contributed by atoms with Crippen molar-refractivity contribution in [1.29, 1.82) is 0 Å². The Balaban J connectivity index is 1.84. The third-order valence-corrected chi connectivity index (χ3v) is 5.41. The van der Waals surface area contributed by atoms with E-state index in [1.165, 1.54) is 12.0 Å². The zero-order valence-electron chi connectivity index (χ0n) is 16.1. The van der Waals surface area contributed by atoms with E-state index in [0.717, 1.165) is 27.8 Å². The summed E-state index contributed by atoms with van der Waals surface area (Å²) in [5, 5.41) is 0. The highest BCUT2D eigenvalue weighted by Crippen LogP contribution is 2.47. The molecule has 29 heavy (non-hydrogen) atoms. The molecule has 5 heteroatoms. The lowest BCUT2D eigenvalue weighted by molar-refractivity contribution is -0.146. The molecule has 3 aromatic rings. The Labute approximate surface area is 169 Å². The van der Waals surface area contributed by atoms with Crippen molar-refractivity contribution in [2.75, 3.05) is 7.11 Å². The minimum Gasteiger partial charge on any atom is -0.467 e. The number of esters is 1. The number of nitrogens with two attached hydrogens (primary N) is 1. The normalized spacial score (nSPS) is 13.3. The highest BCUT2D eigenvalue weighted by atomic mass is 16.5. The molecule has 1 aliphatic rings. The molecule has 0 aliphatic heterocycles. The predicted molar refractivity (Wildman–Crippen MR) is 111 cm³/mol. The molecule has 0 radical (unpaired) electrons. The molecule has 0 fully saturated rings. The summed E-state index contributed by atoms with van der Waals surface area (Å²) in [6, 6.07) is 23.4. The van der Waals surface area contributed by atoms with E-state index < -0.39 is 24.1 Å². The van der Waals surface area contributed by atoms with Crippen molar-refractivity contribution < 1.29 is 14.3 Å². The maximum Gasteiger partial charge on any atom is 0.329 e. The summed E-state index contributed by atoms with van der Waals surface area (Å²) in [7, 11) is 1.33. The van der Waals surface area contributed by atoms with Gasteiger partial charge >= 0.3 is 12.0 Å². The minimum atomic E-state index is -0.843. The maximum absolute atomic E-state index is 12.8. The van der Waals surface area contributed by atoms with Crippen LogP contribution in [-0.4, -0.2) is 30.1 Å². The van der Waals surface area contributed by atoms with Gasteiger partial charge < -0.3 is 10.5 Å². The molecule has 146 valence electrons. The molecule has 5 nitrogen and oxygen atoms in total. The zero-order chi connectivity index (χ0) is 20.4. The van der Waals surface area contributed by atoms with E-state index in [4.69, 9.17) is 10.5 Å². The fraction of sp³-hybridized carbons (Fsp3) is 0.167. The average Bonchev–Trinajstić information content (AvgIpc) is 3.08. The Kier molecular flexibility index (Phi) is 5.04. The molecule has 2 amide bonds. The van der Waals surface area contributed by atoms with Crippen LogP contribution in [0.2, 0.25) is 0 Å². The van der Waals surface area contributed by atoms with Crippen molar-refractivity contribution in [3.05, 3.63) is 95.6 Å². The fourth-order valence-corrected chi connectivity index (χ4v) is 4.16. The van der Waals surface area contributed by atoms with Crippen molar-refractivity contribution >= 4 is 12.0 Å². The van der Waals surface area contributed by atoms with Crippen LogP contribution in [0.5, 0.6) is 0 Å². The second-order valence-corrected chi connectivity index (χ2v) is 7.05. The monoisotopic (exact) mass is 386 g/mol. The largest absolute Gasteiger partial charge is 0.467 e. The fourth-order valence-electron chi connectivity index (χ4n) is 4.16. The SMILES string of the molecule is COC(=O)[C@H](Cc1ccccc1)N(C(N)=O)C1c2ccccc2-c2ccccc21. The van der Waals surface area contributed by atoms with Gasteiger partial charge in [0, 0.05) is 6.42 Å². The summed E-state index contributed by atoms with van der Waals surface area (Å²) in [5.74, 6) is -0.491. The van der Waals surface area contributed by atoms with Gasteiger partial charge in [0.2, 0.25) is 0 Å². The molecule has 0 spiro atoms. The van der Waals surface area contributed by atoms with Gasteiger partial charge in [-0.3, -0.25) is 4.90 Å². The summed E-state index contributed by atoms with van der Waals surface area (Å²) in [6.45, 7) is 0. The first-order valence-electron chi connectivity index (χ1n) is 9.49. The first kappa shape index (κ1) is 18.7. The van der Waals surface area contributed by atoms with Gasteiger partial charge in [-0.15, -0.1) is 0 Å². The van der Waals surface area contributed by atoms with E-state index in [0.29, 0.717) is 6.42 Å². The molecule has 0 unspecified atom stereocenters. The molecular formula is C24H22N2O3. The van der Waals surface area contributed by atoms with Gasteiger partial charge in [0.1, 0.15) is 6.04 Å². The van der Waals surface area contributed by atoms with Gasteiger partial charge in [-0.1, -0.05) is 78.9 Å². The molecule has 1 atom stereocenters. The van der Waals surface area contributed by atoms with Gasteiger partial charge in [-0.05, 0) is 27.8 Å². The Hall–Kier alpha value is -3.60. The maximum atomic E-state index is 12.8. The van der Waals surface area contributed by atoms with Crippen LogP contribution >= 0.6 is 0 Å². The predicted octanol–water partition coefficient (Wildman–Crippen LogP) is 3.92. The third kappa shape index (κ3) is 3.36. The summed E-state index contributed by atoms with van der Waals surface area (Å²) in [5.41, 5.74) is 10.8. The number of carbonyl (C=O) groups excluding carboxylic acids is 2. The van der Waals surface area contributed by atoms with E-state index in [-0.39, 0.29) is 0 Å². The number of hydrogen-bond acceptors (Lipinski definition) is 3. The molecular weight excluding hydrogens is 364 g/mol. The molecule has 0 heterocycles. The molecule has 0 saturated heterocycles. The lowest BCUT2D eigenvalue weighted by Gasteiger charge is -2.34. The molecule has 0 bridgehead atoms. The van der Waals surface area contributed by atoms with Gasteiger partial charge in [-0.2, -0.15) is 0 Å². The number of primary amides is 1. The standard InChI is InChI=1S/C24H22N2O3/c1-29-23(27)21(15-16-9-3-2-4-10-16)26(24(25)28)22-19-13-7-5-11-17(19)18-12-6-8-14-20(18)22/h2-14,21-22H,15H2,1H3,(H2,25,28)/t21-/m0/s1. The van der Waals surface area contributed by atoms with E-state index in [1.54, 1.807) is 0 Å². The van der Waals surface area contributed by atoms with Crippen LogP contribution < -0.4 is 5.73 Å². The summed E-state index contributed by atoms with van der Waals surface area (Å²) < 4.78 is 5.06. The van der Waals surface area contributed by atoms with Crippen molar-refractivity contribution in [2.24, 2.45) is 5.73 Å². The zero-order valence-corrected chi connectivity index (χ0v) is 16.1. The number of urea groups is 1. The van der Waals surface area contributed by atoms with E-state index in [2.05, 4.69) is 0 Å². The summed E-state index contributed by atoms with van der Waals surface area (Å²) in [6.07, 6.45) is 0.317. The lowest BCUT2D eigenvalue weighted by Crippen LogP contribution is -2.51. The number of rotatable bonds is 5. The minimum absolute atomic E-state index is 0.317. The van der Waals surface area contributed by atoms with Crippen molar-refractivity contribution in [2.45, 2.75) is 18.5 Å². The van der Waals surface area contributed by atoms with Crippen LogP contribution in [-0.2, 0) is 16.0 Å². The van der Waals surface area contributed by atoms with Gasteiger partial charge in [0.15, 0.2) is 0 Å². The van der Waals surface area contributed by atoms with Crippen LogP contribution in [0.4, 0.5) is 4.79 Å². The number of carbonyl (C=O) groups is 2. The quantitative estimate of drug-likeness (QED) is 0.676. The second-order valence-electron chi connectivity index (χ2n) is 7.05. The van der Waals surface area contributed by atoms with Crippen molar-refractivity contribution in [3.8, 4) is 11.1 Å². The average molecular weight is 386 g/mol.